The standard InChI is InChI=1S/C13H20N4O2/c1-17(9-10-4-6-19-7-5-10)13(18)12-3-2-11(16-14)8-15-12/h2-3,8,10,16H,4-7,9,14H2,1H3. The zero-order valence-electron chi connectivity index (χ0n) is 11.1. The number of pyridine rings is 1. The molecule has 1 fully saturated rings. The lowest BCUT2D eigenvalue weighted by atomic mass is 10.00. The van der Waals surface area contributed by atoms with Crippen LogP contribution < -0.4 is 11.3 Å². The molecule has 1 aliphatic rings. The fourth-order valence-corrected chi connectivity index (χ4v) is 2.20. The summed E-state index contributed by atoms with van der Waals surface area (Å²) < 4.78 is 5.32. The van der Waals surface area contributed by atoms with Crippen molar-refractivity contribution in [2.45, 2.75) is 12.8 Å². The molecule has 19 heavy (non-hydrogen) atoms. The Labute approximate surface area is 112 Å². The maximum absolute atomic E-state index is 12.2. The molecule has 1 amide bonds. The first-order chi connectivity index (χ1) is 9.20. The first-order valence-electron chi connectivity index (χ1n) is 6.46. The first-order valence-corrected chi connectivity index (χ1v) is 6.46. The summed E-state index contributed by atoms with van der Waals surface area (Å²) in [5, 5.41) is 0. The molecular formula is C13H20N4O2. The van der Waals surface area contributed by atoms with Crippen LogP contribution in [0.15, 0.2) is 18.3 Å². The molecule has 2 rings (SSSR count). The Hall–Kier alpha value is -1.66. The van der Waals surface area contributed by atoms with Gasteiger partial charge in [0.15, 0.2) is 0 Å². The van der Waals surface area contributed by atoms with E-state index < -0.39 is 0 Å². The molecule has 1 aromatic heterocycles. The molecule has 6 nitrogen and oxygen atoms in total. The molecule has 3 N–H and O–H groups in total. The van der Waals surface area contributed by atoms with Crippen LogP contribution >= 0.6 is 0 Å². The Bertz CT molecular complexity index is 415. The summed E-state index contributed by atoms with van der Waals surface area (Å²) in [5.74, 6) is 5.72. The van der Waals surface area contributed by atoms with Crippen LogP contribution in [0.1, 0.15) is 23.3 Å². The van der Waals surface area contributed by atoms with Crippen LogP contribution in [-0.4, -0.2) is 42.6 Å². The van der Waals surface area contributed by atoms with Crippen molar-refractivity contribution >= 4 is 11.6 Å². The second-order valence-corrected chi connectivity index (χ2v) is 4.82. The molecule has 0 aliphatic carbocycles. The van der Waals surface area contributed by atoms with Gasteiger partial charge in [-0.25, -0.2) is 4.98 Å². The smallest absolute Gasteiger partial charge is 0.272 e. The molecule has 0 atom stereocenters. The number of aromatic nitrogens is 1. The van der Waals surface area contributed by atoms with Crippen molar-refractivity contribution in [3.8, 4) is 0 Å². The number of nitrogens with one attached hydrogen (secondary N) is 1. The Morgan fingerprint density at radius 3 is 2.84 bits per heavy atom. The van der Waals surface area contributed by atoms with Gasteiger partial charge in [-0.15, -0.1) is 0 Å². The molecule has 1 aliphatic heterocycles. The molecule has 1 aromatic rings. The summed E-state index contributed by atoms with van der Waals surface area (Å²) >= 11 is 0. The van der Waals surface area contributed by atoms with Gasteiger partial charge in [-0.2, -0.15) is 0 Å². The van der Waals surface area contributed by atoms with Gasteiger partial charge in [0.2, 0.25) is 0 Å². The highest BCUT2D eigenvalue weighted by Gasteiger charge is 2.20. The number of amides is 1. The SMILES string of the molecule is CN(CC1CCOCC1)C(=O)c1ccc(NN)cn1. The minimum Gasteiger partial charge on any atom is -0.381 e. The van der Waals surface area contributed by atoms with E-state index in [1.165, 1.54) is 0 Å². The molecule has 0 spiro atoms. The molecule has 6 heteroatoms. The van der Waals surface area contributed by atoms with Crippen LogP contribution in [0.25, 0.3) is 0 Å². The van der Waals surface area contributed by atoms with Gasteiger partial charge in [-0.05, 0) is 30.9 Å². The quantitative estimate of drug-likeness (QED) is 0.623. The van der Waals surface area contributed by atoms with Crippen molar-refractivity contribution in [2.24, 2.45) is 11.8 Å². The van der Waals surface area contributed by atoms with Gasteiger partial charge >= 0.3 is 0 Å². The number of nitrogens with zero attached hydrogens (tertiary/aromatic N) is 2. The van der Waals surface area contributed by atoms with E-state index in [1.54, 1.807) is 23.2 Å². The Morgan fingerprint density at radius 1 is 1.53 bits per heavy atom. The summed E-state index contributed by atoms with van der Waals surface area (Å²) in [6, 6.07) is 3.42. The van der Waals surface area contributed by atoms with Gasteiger partial charge in [0.05, 0.1) is 11.9 Å². The summed E-state index contributed by atoms with van der Waals surface area (Å²) in [4.78, 5) is 18.0. The Balaban J connectivity index is 1.93. The van der Waals surface area contributed by atoms with Gasteiger partial charge in [0.25, 0.3) is 5.91 Å². The number of carbonyl (C=O) groups excluding carboxylic acids is 1. The van der Waals surface area contributed by atoms with Crippen LogP contribution in [0.4, 0.5) is 5.69 Å². The number of rotatable bonds is 4. The average molecular weight is 264 g/mol. The van der Waals surface area contributed by atoms with E-state index in [0.29, 0.717) is 17.3 Å². The van der Waals surface area contributed by atoms with Crippen molar-refractivity contribution in [1.82, 2.24) is 9.88 Å². The van der Waals surface area contributed by atoms with E-state index >= 15 is 0 Å². The maximum atomic E-state index is 12.2. The van der Waals surface area contributed by atoms with E-state index in [1.807, 2.05) is 7.05 Å². The second-order valence-electron chi connectivity index (χ2n) is 4.82. The van der Waals surface area contributed by atoms with Crippen molar-refractivity contribution in [1.29, 1.82) is 0 Å². The number of hydrogen-bond acceptors (Lipinski definition) is 5. The van der Waals surface area contributed by atoms with E-state index in [-0.39, 0.29) is 5.91 Å². The number of nitrogen functional groups attached to an aromatic ring is 1. The normalized spacial score (nSPS) is 16.1. The van der Waals surface area contributed by atoms with Crippen molar-refractivity contribution in [3.05, 3.63) is 24.0 Å². The van der Waals surface area contributed by atoms with Crippen molar-refractivity contribution in [2.75, 3.05) is 32.2 Å². The highest BCUT2D eigenvalue weighted by molar-refractivity contribution is 5.92. The van der Waals surface area contributed by atoms with E-state index in [2.05, 4.69) is 10.4 Å². The lowest BCUT2D eigenvalue weighted by molar-refractivity contribution is 0.0495. The van der Waals surface area contributed by atoms with Crippen LogP contribution in [0, 0.1) is 5.92 Å². The Morgan fingerprint density at radius 2 is 2.26 bits per heavy atom. The minimum absolute atomic E-state index is 0.0601. The number of hydrogen-bond donors (Lipinski definition) is 2. The molecule has 0 aromatic carbocycles. The van der Waals surface area contributed by atoms with Crippen LogP contribution in [-0.2, 0) is 4.74 Å². The number of anilines is 1. The number of hydrazine groups is 1. The molecule has 0 unspecified atom stereocenters. The molecule has 0 bridgehead atoms. The minimum atomic E-state index is -0.0601. The van der Waals surface area contributed by atoms with Gasteiger partial charge in [0.1, 0.15) is 5.69 Å². The van der Waals surface area contributed by atoms with E-state index in [0.717, 1.165) is 32.6 Å². The monoisotopic (exact) mass is 264 g/mol. The average Bonchev–Trinajstić information content (AvgIpc) is 2.47. The third-order valence-corrected chi connectivity index (χ3v) is 3.37. The number of ether oxygens (including phenoxy) is 1. The largest absolute Gasteiger partial charge is 0.381 e. The lowest BCUT2D eigenvalue weighted by Crippen LogP contribution is -2.34. The maximum Gasteiger partial charge on any atom is 0.272 e. The van der Waals surface area contributed by atoms with E-state index in [4.69, 9.17) is 10.6 Å². The summed E-state index contributed by atoms with van der Waals surface area (Å²) in [6.45, 7) is 2.34. The van der Waals surface area contributed by atoms with E-state index in [9.17, 15) is 4.79 Å². The predicted molar refractivity (Wildman–Crippen MR) is 72.6 cm³/mol. The van der Waals surface area contributed by atoms with Gasteiger partial charge < -0.3 is 15.1 Å². The fraction of sp³-hybridized carbons (Fsp3) is 0.538. The van der Waals surface area contributed by atoms with Gasteiger partial charge in [0, 0.05) is 26.8 Å². The second kappa shape index (κ2) is 6.49. The zero-order valence-corrected chi connectivity index (χ0v) is 11.1. The third-order valence-electron chi connectivity index (χ3n) is 3.37. The van der Waals surface area contributed by atoms with Crippen molar-refractivity contribution < 1.29 is 9.53 Å². The molecule has 2 heterocycles. The molecular weight excluding hydrogens is 244 g/mol. The van der Waals surface area contributed by atoms with Crippen LogP contribution in [0.2, 0.25) is 0 Å². The van der Waals surface area contributed by atoms with Crippen LogP contribution in [0.5, 0.6) is 0 Å². The first kappa shape index (κ1) is 13.8. The highest BCUT2D eigenvalue weighted by Crippen LogP contribution is 2.16. The topological polar surface area (TPSA) is 80.5 Å². The fourth-order valence-electron chi connectivity index (χ4n) is 2.20. The molecule has 1 saturated heterocycles. The molecule has 0 radical (unpaired) electrons. The summed E-state index contributed by atoms with van der Waals surface area (Å²) in [7, 11) is 1.81. The summed E-state index contributed by atoms with van der Waals surface area (Å²) in [6.07, 6.45) is 3.58. The number of nitrogens with two attached hydrogens (primary N) is 1. The lowest BCUT2D eigenvalue weighted by Gasteiger charge is -2.27. The molecule has 0 saturated carbocycles. The van der Waals surface area contributed by atoms with Crippen molar-refractivity contribution in [3.63, 3.8) is 0 Å². The Kier molecular flexibility index (Phi) is 4.70. The molecule has 104 valence electrons. The van der Waals surface area contributed by atoms with Crippen LogP contribution in [0.3, 0.4) is 0 Å². The zero-order chi connectivity index (χ0) is 13.7. The third kappa shape index (κ3) is 3.65. The summed E-state index contributed by atoms with van der Waals surface area (Å²) in [5.41, 5.74) is 3.61. The van der Waals surface area contributed by atoms with Gasteiger partial charge in [-0.3, -0.25) is 10.6 Å². The van der Waals surface area contributed by atoms with Gasteiger partial charge in [-0.1, -0.05) is 0 Å². The highest BCUT2D eigenvalue weighted by atomic mass is 16.5. The number of carbonyl (C=O) groups is 1. The predicted octanol–water partition coefficient (Wildman–Crippen LogP) is 0.866.